The number of likely N-dealkylation sites (tertiary alicyclic amines) is 1. The molecule has 6 heteroatoms. The van der Waals surface area contributed by atoms with Crippen molar-refractivity contribution in [1.29, 1.82) is 0 Å². The van der Waals surface area contributed by atoms with Crippen molar-refractivity contribution in [3.05, 3.63) is 52.3 Å². The fraction of sp³-hybridized carbons (Fsp3) is 0.476. The summed E-state index contributed by atoms with van der Waals surface area (Å²) < 4.78 is 0. The lowest BCUT2D eigenvalue weighted by Crippen LogP contribution is -2.36. The summed E-state index contributed by atoms with van der Waals surface area (Å²) in [6, 6.07) is 8.97. The minimum Gasteiger partial charge on any atom is -0.368 e. The zero-order chi connectivity index (χ0) is 19.7. The van der Waals surface area contributed by atoms with E-state index >= 15 is 0 Å². The smallest absolute Gasteiger partial charge is 0.227 e. The summed E-state index contributed by atoms with van der Waals surface area (Å²) in [4.78, 5) is 25.7. The second kappa shape index (κ2) is 7.64. The molecule has 0 saturated carbocycles. The van der Waals surface area contributed by atoms with Crippen LogP contribution in [-0.2, 0) is 11.2 Å². The fourth-order valence-electron chi connectivity index (χ4n) is 3.94. The van der Waals surface area contributed by atoms with E-state index < -0.39 is 0 Å². The third kappa shape index (κ3) is 4.11. The van der Waals surface area contributed by atoms with Crippen molar-refractivity contribution in [1.82, 2.24) is 19.8 Å². The van der Waals surface area contributed by atoms with E-state index in [9.17, 15) is 4.79 Å². The molecule has 1 aromatic carbocycles. The van der Waals surface area contributed by atoms with E-state index in [0.29, 0.717) is 18.4 Å². The number of hydrogen-bond acceptors (Lipinski definition) is 5. The van der Waals surface area contributed by atoms with Gasteiger partial charge in [-0.2, -0.15) is 0 Å². The number of nitrogen functional groups attached to an aromatic ring is 1. The quantitative estimate of drug-likeness (QED) is 0.895. The SMILES string of the molecule is Cc1ccc([C@@H]2CN(C(=O)Cc3c(C)nc(N)nc3C)C[C@H]2N(C)C)cc1. The molecule has 2 aromatic rings. The van der Waals surface area contributed by atoms with Crippen molar-refractivity contribution >= 4 is 11.9 Å². The number of likely N-dealkylation sites (N-methyl/N-ethyl adjacent to an activating group) is 1. The molecule has 0 radical (unpaired) electrons. The van der Waals surface area contributed by atoms with Gasteiger partial charge in [-0.25, -0.2) is 9.97 Å². The standard InChI is InChI=1S/C21H29N5O/c1-13-6-8-16(9-7-13)18-11-26(12-19(18)25(4)5)20(27)10-17-14(2)23-21(22)24-15(17)3/h6-9,18-19H,10-12H2,1-5H3,(H2,22,23,24)/t18-,19+/m0/s1. The molecule has 0 bridgehead atoms. The van der Waals surface area contributed by atoms with Crippen molar-refractivity contribution in [2.75, 3.05) is 32.9 Å². The lowest BCUT2D eigenvalue weighted by atomic mass is 9.93. The van der Waals surface area contributed by atoms with Crippen molar-refractivity contribution in [3.63, 3.8) is 0 Å². The molecule has 2 atom stereocenters. The van der Waals surface area contributed by atoms with Gasteiger partial charge in [-0.05, 0) is 40.4 Å². The van der Waals surface area contributed by atoms with Gasteiger partial charge in [0.05, 0.1) is 6.42 Å². The summed E-state index contributed by atoms with van der Waals surface area (Å²) in [6.45, 7) is 7.33. The Kier molecular flexibility index (Phi) is 5.46. The number of rotatable bonds is 4. The predicted octanol–water partition coefficient (Wildman–Crippen LogP) is 2.08. The van der Waals surface area contributed by atoms with E-state index in [4.69, 9.17) is 5.73 Å². The Bertz CT molecular complexity index is 808. The molecule has 2 N–H and O–H groups in total. The number of anilines is 1. The largest absolute Gasteiger partial charge is 0.368 e. The molecule has 2 heterocycles. The van der Waals surface area contributed by atoms with E-state index in [-0.39, 0.29) is 11.9 Å². The van der Waals surface area contributed by atoms with Gasteiger partial charge in [0.15, 0.2) is 0 Å². The van der Waals surface area contributed by atoms with Gasteiger partial charge in [-0.3, -0.25) is 4.79 Å². The third-order valence-corrected chi connectivity index (χ3v) is 5.58. The molecule has 27 heavy (non-hydrogen) atoms. The summed E-state index contributed by atoms with van der Waals surface area (Å²) in [7, 11) is 4.17. The van der Waals surface area contributed by atoms with E-state index in [1.54, 1.807) is 0 Å². The number of nitrogens with zero attached hydrogens (tertiary/aromatic N) is 4. The number of aromatic nitrogens is 2. The van der Waals surface area contributed by atoms with Crippen molar-refractivity contribution < 1.29 is 4.79 Å². The molecule has 0 aliphatic carbocycles. The van der Waals surface area contributed by atoms with Gasteiger partial charge in [0.2, 0.25) is 11.9 Å². The highest BCUT2D eigenvalue weighted by molar-refractivity contribution is 5.80. The number of amides is 1. The van der Waals surface area contributed by atoms with E-state index in [0.717, 1.165) is 30.0 Å². The molecule has 1 amide bonds. The summed E-state index contributed by atoms with van der Waals surface area (Å²) in [5.74, 6) is 0.694. The number of aryl methyl sites for hydroxylation is 3. The van der Waals surface area contributed by atoms with Gasteiger partial charge in [0.25, 0.3) is 0 Å². The monoisotopic (exact) mass is 367 g/mol. The second-order valence-corrected chi connectivity index (χ2v) is 7.75. The molecule has 3 rings (SSSR count). The lowest BCUT2D eigenvalue weighted by molar-refractivity contribution is -0.129. The molecule has 144 valence electrons. The maximum absolute atomic E-state index is 13.0. The van der Waals surface area contributed by atoms with Crippen LogP contribution in [0.3, 0.4) is 0 Å². The minimum absolute atomic E-state index is 0.121. The molecule has 1 aliphatic heterocycles. The van der Waals surface area contributed by atoms with Crippen LogP contribution in [0.2, 0.25) is 0 Å². The van der Waals surface area contributed by atoms with Crippen molar-refractivity contribution in [2.45, 2.75) is 39.2 Å². The molecule has 1 aliphatic rings. The van der Waals surface area contributed by atoms with Gasteiger partial charge >= 0.3 is 0 Å². The summed E-state index contributed by atoms with van der Waals surface area (Å²) in [5, 5.41) is 0. The number of nitrogens with two attached hydrogens (primary N) is 1. The van der Waals surface area contributed by atoms with Crippen LogP contribution in [0.5, 0.6) is 0 Å². The molecule has 1 fully saturated rings. The molecule has 0 unspecified atom stereocenters. The Morgan fingerprint density at radius 1 is 1.11 bits per heavy atom. The predicted molar refractivity (Wildman–Crippen MR) is 108 cm³/mol. The number of hydrogen-bond donors (Lipinski definition) is 1. The first-order valence-electron chi connectivity index (χ1n) is 9.36. The Balaban J connectivity index is 1.79. The molecule has 1 saturated heterocycles. The third-order valence-electron chi connectivity index (χ3n) is 5.58. The molecular formula is C21H29N5O. The second-order valence-electron chi connectivity index (χ2n) is 7.75. The molecule has 0 spiro atoms. The Morgan fingerprint density at radius 3 is 2.26 bits per heavy atom. The Morgan fingerprint density at radius 2 is 1.70 bits per heavy atom. The maximum atomic E-state index is 13.0. The number of carbonyl (C=O) groups excluding carboxylic acids is 1. The minimum atomic E-state index is 0.121. The van der Waals surface area contributed by atoms with Gasteiger partial charge in [0, 0.05) is 42.0 Å². The van der Waals surface area contributed by atoms with E-state index in [1.807, 2.05) is 18.7 Å². The number of benzene rings is 1. The first-order chi connectivity index (χ1) is 12.8. The van der Waals surface area contributed by atoms with Gasteiger partial charge in [-0.15, -0.1) is 0 Å². The van der Waals surface area contributed by atoms with Gasteiger partial charge in [-0.1, -0.05) is 29.8 Å². The number of carbonyl (C=O) groups is 1. The average molecular weight is 367 g/mol. The zero-order valence-electron chi connectivity index (χ0n) is 16.9. The van der Waals surface area contributed by atoms with E-state index in [1.165, 1.54) is 11.1 Å². The highest BCUT2D eigenvalue weighted by Crippen LogP contribution is 2.31. The highest BCUT2D eigenvalue weighted by atomic mass is 16.2. The van der Waals surface area contributed by atoms with Crippen LogP contribution < -0.4 is 5.73 Å². The van der Waals surface area contributed by atoms with Crippen LogP contribution in [-0.4, -0.2) is 58.9 Å². The first kappa shape index (κ1) is 19.3. The molecular weight excluding hydrogens is 338 g/mol. The van der Waals surface area contributed by atoms with Gasteiger partial charge in [0.1, 0.15) is 0 Å². The summed E-state index contributed by atoms with van der Waals surface area (Å²) in [6.07, 6.45) is 0.318. The van der Waals surface area contributed by atoms with Crippen LogP contribution in [0, 0.1) is 20.8 Å². The Hall–Kier alpha value is -2.47. The lowest BCUT2D eigenvalue weighted by Gasteiger charge is -2.25. The average Bonchev–Trinajstić information content (AvgIpc) is 3.04. The topological polar surface area (TPSA) is 75.3 Å². The molecule has 6 nitrogen and oxygen atoms in total. The normalized spacial score (nSPS) is 19.7. The van der Waals surface area contributed by atoms with Crippen LogP contribution in [0.15, 0.2) is 24.3 Å². The van der Waals surface area contributed by atoms with Crippen LogP contribution >= 0.6 is 0 Å². The summed E-state index contributed by atoms with van der Waals surface area (Å²) >= 11 is 0. The van der Waals surface area contributed by atoms with E-state index in [2.05, 4.69) is 60.2 Å². The summed E-state index contributed by atoms with van der Waals surface area (Å²) in [5.41, 5.74) is 10.7. The molecule has 1 aromatic heterocycles. The highest BCUT2D eigenvalue weighted by Gasteiger charge is 2.37. The Labute approximate surface area is 161 Å². The van der Waals surface area contributed by atoms with Crippen LogP contribution in [0.4, 0.5) is 5.95 Å². The first-order valence-corrected chi connectivity index (χ1v) is 9.36. The maximum Gasteiger partial charge on any atom is 0.227 e. The zero-order valence-corrected chi connectivity index (χ0v) is 16.9. The van der Waals surface area contributed by atoms with Crippen LogP contribution in [0.25, 0.3) is 0 Å². The fourth-order valence-corrected chi connectivity index (χ4v) is 3.94. The van der Waals surface area contributed by atoms with Crippen molar-refractivity contribution in [3.8, 4) is 0 Å². The van der Waals surface area contributed by atoms with Gasteiger partial charge < -0.3 is 15.5 Å². The van der Waals surface area contributed by atoms with Crippen molar-refractivity contribution in [2.24, 2.45) is 0 Å². The van der Waals surface area contributed by atoms with Crippen LogP contribution in [0.1, 0.15) is 34.0 Å².